The van der Waals surface area contributed by atoms with Crippen LogP contribution in [0.4, 0.5) is 0 Å². The number of methoxy groups -OCH3 is 1. The predicted octanol–water partition coefficient (Wildman–Crippen LogP) is 1.92. The summed E-state index contributed by atoms with van der Waals surface area (Å²) in [5.74, 6) is 0.112. The Morgan fingerprint density at radius 2 is 2.11 bits per heavy atom. The number of benzene rings is 1. The molecule has 0 atom stereocenters. The van der Waals surface area contributed by atoms with Gasteiger partial charge in [0, 0.05) is 6.54 Å². The first-order chi connectivity index (χ1) is 8.69. The summed E-state index contributed by atoms with van der Waals surface area (Å²) in [6, 6.07) is 9.38. The molecule has 0 saturated heterocycles. The van der Waals surface area contributed by atoms with Crippen molar-refractivity contribution in [1.29, 1.82) is 0 Å². The molecule has 94 valence electrons. The number of nitrogens with zero attached hydrogens (tertiary/aromatic N) is 1. The van der Waals surface area contributed by atoms with Crippen molar-refractivity contribution in [2.75, 3.05) is 7.11 Å². The van der Waals surface area contributed by atoms with Crippen LogP contribution >= 0.6 is 0 Å². The van der Waals surface area contributed by atoms with E-state index in [1.807, 2.05) is 31.2 Å². The molecule has 1 aromatic heterocycles. The topological polar surface area (TPSA) is 64.4 Å². The van der Waals surface area contributed by atoms with Crippen molar-refractivity contribution in [1.82, 2.24) is 10.5 Å². The molecule has 1 amide bonds. The average molecular weight is 246 g/mol. The SMILES string of the molecule is COc1cc(C(=O)NCc2ccc(C)cc2)on1. The van der Waals surface area contributed by atoms with Gasteiger partial charge in [0.05, 0.1) is 13.2 Å². The Kier molecular flexibility index (Phi) is 3.62. The molecular formula is C13H14N2O3. The molecule has 18 heavy (non-hydrogen) atoms. The van der Waals surface area contributed by atoms with Gasteiger partial charge in [0.25, 0.3) is 11.8 Å². The Balaban J connectivity index is 1.93. The molecule has 0 saturated carbocycles. The standard InChI is InChI=1S/C13H14N2O3/c1-9-3-5-10(6-4-9)8-14-13(16)11-7-12(17-2)15-18-11/h3-7H,8H2,1-2H3,(H,14,16). The summed E-state index contributed by atoms with van der Waals surface area (Å²) in [6.07, 6.45) is 0. The number of amides is 1. The van der Waals surface area contributed by atoms with Crippen molar-refractivity contribution in [3.05, 3.63) is 47.2 Å². The largest absolute Gasteiger partial charge is 0.479 e. The number of aromatic nitrogens is 1. The summed E-state index contributed by atoms with van der Waals surface area (Å²) in [6.45, 7) is 2.46. The summed E-state index contributed by atoms with van der Waals surface area (Å²) in [4.78, 5) is 11.7. The van der Waals surface area contributed by atoms with E-state index in [1.54, 1.807) is 0 Å². The zero-order chi connectivity index (χ0) is 13.0. The van der Waals surface area contributed by atoms with E-state index in [-0.39, 0.29) is 17.5 Å². The second-order valence-electron chi connectivity index (χ2n) is 3.90. The molecule has 1 heterocycles. The fourth-order valence-corrected chi connectivity index (χ4v) is 1.44. The van der Waals surface area contributed by atoms with E-state index < -0.39 is 0 Å². The van der Waals surface area contributed by atoms with Crippen LogP contribution in [0.5, 0.6) is 5.88 Å². The molecule has 0 aliphatic rings. The highest BCUT2D eigenvalue weighted by molar-refractivity contribution is 5.91. The molecule has 0 spiro atoms. The lowest BCUT2D eigenvalue weighted by atomic mass is 10.1. The van der Waals surface area contributed by atoms with Gasteiger partial charge in [-0.2, -0.15) is 0 Å². The van der Waals surface area contributed by atoms with Crippen molar-refractivity contribution < 1.29 is 14.1 Å². The fraction of sp³-hybridized carbons (Fsp3) is 0.231. The molecule has 1 N–H and O–H groups in total. The number of carbonyl (C=O) groups is 1. The van der Waals surface area contributed by atoms with Crippen molar-refractivity contribution >= 4 is 5.91 Å². The molecule has 0 fully saturated rings. The monoisotopic (exact) mass is 246 g/mol. The Hall–Kier alpha value is -2.30. The van der Waals surface area contributed by atoms with Crippen molar-refractivity contribution in [3.63, 3.8) is 0 Å². The van der Waals surface area contributed by atoms with Crippen LogP contribution in [0.15, 0.2) is 34.9 Å². The van der Waals surface area contributed by atoms with Crippen LogP contribution in [0.25, 0.3) is 0 Å². The number of ether oxygens (including phenoxy) is 1. The summed E-state index contributed by atoms with van der Waals surface area (Å²) < 4.78 is 9.67. The fourth-order valence-electron chi connectivity index (χ4n) is 1.44. The first-order valence-corrected chi connectivity index (χ1v) is 5.53. The van der Waals surface area contributed by atoms with Gasteiger partial charge in [0.15, 0.2) is 0 Å². The normalized spacial score (nSPS) is 10.1. The van der Waals surface area contributed by atoms with Gasteiger partial charge in [-0.25, -0.2) is 0 Å². The van der Waals surface area contributed by atoms with Crippen LogP contribution in [0, 0.1) is 6.92 Å². The molecular weight excluding hydrogens is 232 g/mol. The summed E-state index contributed by atoms with van der Waals surface area (Å²) >= 11 is 0. The Bertz CT molecular complexity index is 531. The van der Waals surface area contributed by atoms with Gasteiger partial charge in [-0.1, -0.05) is 29.8 Å². The smallest absolute Gasteiger partial charge is 0.290 e. The molecule has 0 aliphatic carbocycles. The highest BCUT2D eigenvalue weighted by atomic mass is 16.5. The van der Waals surface area contributed by atoms with Gasteiger partial charge in [0.1, 0.15) is 0 Å². The minimum absolute atomic E-state index is 0.138. The molecule has 0 aliphatic heterocycles. The van der Waals surface area contributed by atoms with Crippen molar-refractivity contribution in [2.24, 2.45) is 0 Å². The maximum absolute atomic E-state index is 11.7. The van der Waals surface area contributed by atoms with Gasteiger partial charge in [-0.05, 0) is 17.6 Å². The van der Waals surface area contributed by atoms with E-state index in [4.69, 9.17) is 9.26 Å². The Labute approximate surface area is 105 Å². The molecule has 2 aromatic rings. The number of hydrogen-bond acceptors (Lipinski definition) is 4. The zero-order valence-corrected chi connectivity index (χ0v) is 10.3. The van der Waals surface area contributed by atoms with E-state index in [9.17, 15) is 4.79 Å². The van der Waals surface area contributed by atoms with E-state index in [0.29, 0.717) is 6.54 Å². The van der Waals surface area contributed by atoms with Gasteiger partial charge in [-0.15, -0.1) is 0 Å². The quantitative estimate of drug-likeness (QED) is 0.895. The summed E-state index contributed by atoms with van der Waals surface area (Å²) in [5, 5.41) is 6.31. The molecule has 1 aromatic carbocycles. The van der Waals surface area contributed by atoms with Crippen LogP contribution in [0.3, 0.4) is 0 Å². The molecule has 5 heteroatoms. The number of aryl methyl sites for hydroxylation is 1. The van der Waals surface area contributed by atoms with Crippen LogP contribution in [-0.2, 0) is 6.54 Å². The van der Waals surface area contributed by atoms with E-state index in [1.165, 1.54) is 18.7 Å². The number of rotatable bonds is 4. The Morgan fingerprint density at radius 3 is 2.72 bits per heavy atom. The first-order valence-electron chi connectivity index (χ1n) is 5.53. The minimum Gasteiger partial charge on any atom is -0.479 e. The molecule has 0 unspecified atom stereocenters. The van der Waals surface area contributed by atoms with E-state index in [0.717, 1.165) is 5.56 Å². The second kappa shape index (κ2) is 5.35. The lowest BCUT2D eigenvalue weighted by molar-refractivity contribution is 0.0913. The first kappa shape index (κ1) is 12.2. The summed E-state index contributed by atoms with van der Waals surface area (Å²) in [5.41, 5.74) is 2.21. The van der Waals surface area contributed by atoms with Gasteiger partial charge < -0.3 is 14.6 Å². The summed E-state index contributed by atoms with van der Waals surface area (Å²) in [7, 11) is 1.46. The van der Waals surface area contributed by atoms with Crippen molar-refractivity contribution in [2.45, 2.75) is 13.5 Å². The number of nitrogens with one attached hydrogen (secondary N) is 1. The maximum atomic E-state index is 11.7. The highest BCUT2D eigenvalue weighted by Gasteiger charge is 2.12. The van der Waals surface area contributed by atoms with Crippen LogP contribution in [-0.4, -0.2) is 18.2 Å². The van der Waals surface area contributed by atoms with Crippen LogP contribution in [0.2, 0.25) is 0 Å². The van der Waals surface area contributed by atoms with E-state index in [2.05, 4.69) is 10.5 Å². The van der Waals surface area contributed by atoms with Crippen LogP contribution in [0.1, 0.15) is 21.7 Å². The third kappa shape index (κ3) is 2.88. The highest BCUT2D eigenvalue weighted by Crippen LogP contribution is 2.10. The van der Waals surface area contributed by atoms with E-state index >= 15 is 0 Å². The molecule has 2 rings (SSSR count). The van der Waals surface area contributed by atoms with Crippen molar-refractivity contribution in [3.8, 4) is 5.88 Å². The van der Waals surface area contributed by atoms with Crippen LogP contribution < -0.4 is 10.1 Å². The van der Waals surface area contributed by atoms with Gasteiger partial charge >= 0.3 is 0 Å². The lowest BCUT2D eigenvalue weighted by Gasteiger charge is -2.03. The predicted molar refractivity (Wildman–Crippen MR) is 65.4 cm³/mol. The number of carbonyl (C=O) groups excluding carboxylic acids is 1. The zero-order valence-electron chi connectivity index (χ0n) is 10.3. The maximum Gasteiger partial charge on any atom is 0.290 e. The molecule has 0 bridgehead atoms. The number of hydrogen-bond donors (Lipinski definition) is 1. The third-order valence-electron chi connectivity index (χ3n) is 2.50. The average Bonchev–Trinajstić information content (AvgIpc) is 2.86. The minimum atomic E-state index is -0.314. The lowest BCUT2D eigenvalue weighted by Crippen LogP contribution is -2.22. The Morgan fingerprint density at radius 1 is 1.39 bits per heavy atom. The van der Waals surface area contributed by atoms with Gasteiger partial charge in [0.2, 0.25) is 5.76 Å². The second-order valence-corrected chi connectivity index (χ2v) is 3.90. The molecule has 5 nitrogen and oxygen atoms in total. The molecule has 0 radical (unpaired) electrons. The third-order valence-corrected chi connectivity index (χ3v) is 2.50. The van der Waals surface area contributed by atoms with Gasteiger partial charge in [-0.3, -0.25) is 4.79 Å².